The van der Waals surface area contributed by atoms with E-state index in [0.29, 0.717) is 17.1 Å². The molecule has 0 saturated carbocycles. The van der Waals surface area contributed by atoms with Gasteiger partial charge in [-0.1, -0.05) is 12.2 Å². The number of thioether (sulfide) groups is 1. The van der Waals surface area contributed by atoms with E-state index in [2.05, 4.69) is 24.1 Å². The van der Waals surface area contributed by atoms with Gasteiger partial charge in [-0.15, -0.1) is 0 Å². The molecule has 0 amide bonds. The lowest BCUT2D eigenvalue weighted by Crippen LogP contribution is -2.54. The van der Waals surface area contributed by atoms with Gasteiger partial charge in [-0.3, -0.25) is 9.69 Å². The SMILES string of the molecule is CC(=O)C1C2C/C=C\CC(CS2)N1C. The Bertz CT molecular complexity index is 264. The highest BCUT2D eigenvalue weighted by molar-refractivity contribution is 8.00. The molecule has 14 heavy (non-hydrogen) atoms. The number of ketones is 1. The lowest BCUT2D eigenvalue weighted by molar-refractivity contribution is -0.122. The number of fused-ring (bicyclic) bond motifs is 4. The van der Waals surface area contributed by atoms with Gasteiger partial charge in [0.25, 0.3) is 0 Å². The molecule has 0 aliphatic carbocycles. The highest BCUT2D eigenvalue weighted by Crippen LogP contribution is 2.33. The van der Waals surface area contributed by atoms with Crippen molar-refractivity contribution in [3.63, 3.8) is 0 Å². The van der Waals surface area contributed by atoms with Crippen LogP contribution in [-0.4, -0.2) is 40.8 Å². The molecular weight excluding hydrogens is 194 g/mol. The van der Waals surface area contributed by atoms with Crippen LogP contribution in [0, 0.1) is 0 Å². The van der Waals surface area contributed by atoms with Gasteiger partial charge >= 0.3 is 0 Å². The number of carbonyl (C=O) groups excluding carboxylic acids is 1. The van der Waals surface area contributed by atoms with Crippen LogP contribution in [0.2, 0.25) is 0 Å². The smallest absolute Gasteiger partial charge is 0.148 e. The minimum Gasteiger partial charge on any atom is -0.298 e. The Balaban J connectivity index is 2.25. The monoisotopic (exact) mass is 211 g/mol. The number of likely N-dealkylation sites (N-methyl/N-ethyl adjacent to an activating group) is 1. The number of hydrogen-bond donors (Lipinski definition) is 0. The molecule has 1 fully saturated rings. The molecule has 3 heteroatoms. The molecule has 3 rings (SSSR count). The molecule has 3 atom stereocenters. The zero-order chi connectivity index (χ0) is 10.1. The number of Topliss-reactive ketones (excluding diaryl/α,β-unsaturated/α-hetero) is 1. The third-order valence-electron chi connectivity index (χ3n) is 3.23. The van der Waals surface area contributed by atoms with Crippen LogP contribution < -0.4 is 0 Å². The summed E-state index contributed by atoms with van der Waals surface area (Å²) in [6, 6.07) is 0.699. The lowest BCUT2D eigenvalue weighted by atomic mass is 9.99. The van der Waals surface area contributed by atoms with E-state index < -0.39 is 0 Å². The van der Waals surface area contributed by atoms with E-state index in [-0.39, 0.29) is 6.04 Å². The highest BCUT2D eigenvalue weighted by Gasteiger charge is 2.37. The second kappa shape index (κ2) is 4.07. The standard InChI is InChI=1S/C11H17NOS/c1-8(13)11-10-6-4-3-5-9(7-14-10)12(11)2/h3-4,9-11H,5-7H2,1-2H3/b4-3-. The van der Waals surface area contributed by atoms with Gasteiger partial charge in [-0.25, -0.2) is 0 Å². The minimum absolute atomic E-state index is 0.142. The van der Waals surface area contributed by atoms with Crippen molar-refractivity contribution in [2.45, 2.75) is 37.1 Å². The highest BCUT2D eigenvalue weighted by atomic mass is 32.2. The van der Waals surface area contributed by atoms with Crippen LogP contribution in [0.4, 0.5) is 0 Å². The van der Waals surface area contributed by atoms with E-state index in [9.17, 15) is 4.79 Å². The van der Waals surface area contributed by atoms with E-state index in [4.69, 9.17) is 0 Å². The summed E-state index contributed by atoms with van der Waals surface area (Å²) in [7, 11) is 2.10. The summed E-state index contributed by atoms with van der Waals surface area (Å²) in [4.78, 5) is 13.9. The van der Waals surface area contributed by atoms with Crippen molar-refractivity contribution in [3.8, 4) is 0 Å². The van der Waals surface area contributed by atoms with Gasteiger partial charge in [0, 0.05) is 17.0 Å². The molecule has 78 valence electrons. The summed E-state index contributed by atoms with van der Waals surface area (Å²) < 4.78 is 0. The number of carbonyl (C=O) groups is 1. The summed E-state index contributed by atoms with van der Waals surface area (Å²) in [6.07, 6.45) is 6.66. The zero-order valence-electron chi connectivity index (χ0n) is 8.77. The molecule has 0 aromatic carbocycles. The molecule has 0 aromatic rings. The normalized spacial score (nSPS) is 40.3. The van der Waals surface area contributed by atoms with Gasteiger partial charge in [0.05, 0.1) is 6.04 Å². The minimum atomic E-state index is 0.142. The van der Waals surface area contributed by atoms with Crippen molar-refractivity contribution >= 4 is 17.5 Å². The maximum Gasteiger partial charge on any atom is 0.148 e. The molecule has 3 unspecified atom stereocenters. The first-order valence-electron chi connectivity index (χ1n) is 5.19. The number of nitrogens with zero attached hydrogens (tertiary/aromatic N) is 1. The van der Waals surface area contributed by atoms with Crippen LogP contribution in [0.3, 0.4) is 0 Å². The quantitative estimate of drug-likeness (QED) is 0.616. The molecule has 0 N–H and O–H groups in total. The van der Waals surface area contributed by atoms with Crippen LogP contribution in [-0.2, 0) is 4.79 Å². The van der Waals surface area contributed by atoms with Crippen LogP contribution >= 0.6 is 11.8 Å². The number of allylic oxidation sites excluding steroid dienone is 1. The maximum atomic E-state index is 11.6. The fourth-order valence-electron chi connectivity index (χ4n) is 2.40. The van der Waals surface area contributed by atoms with Crippen molar-refractivity contribution in [2.24, 2.45) is 0 Å². The fraction of sp³-hybridized carbons (Fsp3) is 0.727. The number of hydrogen-bond acceptors (Lipinski definition) is 3. The largest absolute Gasteiger partial charge is 0.298 e. The molecule has 2 bridgehead atoms. The summed E-state index contributed by atoms with van der Waals surface area (Å²) in [5, 5.41) is 0.477. The van der Waals surface area contributed by atoms with Crippen LogP contribution in [0.25, 0.3) is 0 Å². The van der Waals surface area contributed by atoms with Gasteiger partial charge in [-0.05, 0) is 26.8 Å². The van der Waals surface area contributed by atoms with Gasteiger partial charge in [-0.2, -0.15) is 11.8 Å². The summed E-state index contributed by atoms with van der Waals surface area (Å²) in [5.41, 5.74) is 0. The molecule has 3 aliphatic rings. The second-order valence-electron chi connectivity index (χ2n) is 4.19. The Hall–Kier alpha value is -0.280. The van der Waals surface area contributed by atoms with E-state index in [1.54, 1.807) is 6.92 Å². The maximum absolute atomic E-state index is 11.6. The van der Waals surface area contributed by atoms with Crippen molar-refractivity contribution in [1.82, 2.24) is 4.90 Å². The zero-order valence-corrected chi connectivity index (χ0v) is 9.59. The fourth-order valence-corrected chi connectivity index (χ4v) is 4.05. The van der Waals surface area contributed by atoms with E-state index >= 15 is 0 Å². The van der Waals surface area contributed by atoms with Crippen LogP contribution in [0.15, 0.2) is 12.2 Å². The summed E-state index contributed by atoms with van der Waals surface area (Å²) in [6.45, 7) is 1.72. The molecule has 1 saturated heterocycles. The Kier molecular flexibility index (Phi) is 2.98. The third kappa shape index (κ3) is 1.75. The lowest BCUT2D eigenvalue weighted by Gasteiger charge is -2.43. The first kappa shape index (κ1) is 10.2. The average Bonchev–Trinajstić information content (AvgIpc) is 2.06. The Morgan fingerprint density at radius 1 is 1.43 bits per heavy atom. The summed E-state index contributed by atoms with van der Waals surface area (Å²) >= 11 is 1.97. The third-order valence-corrected chi connectivity index (χ3v) is 4.68. The molecule has 3 heterocycles. The van der Waals surface area contributed by atoms with E-state index in [1.165, 1.54) is 5.75 Å². The Morgan fingerprint density at radius 2 is 2.14 bits per heavy atom. The van der Waals surface area contributed by atoms with Crippen molar-refractivity contribution in [3.05, 3.63) is 12.2 Å². The average molecular weight is 211 g/mol. The topological polar surface area (TPSA) is 20.3 Å². The Labute approximate surface area is 89.7 Å². The van der Waals surface area contributed by atoms with E-state index in [0.717, 1.165) is 12.8 Å². The molecule has 3 aliphatic heterocycles. The predicted molar refractivity (Wildman–Crippen MR) is 60.6 cm³/mol. The van der Waals surface area contributed by atoms with Crippen molar-refractivity contribution in [1.29, 1.82) is 0 Å². The molecule has 0 spiro atoms. The van der Waals surface area contributed by atoms with Crippen molar-refractivity contribution < 1.29 is 4.79 Å². The van der Waals surface area contributed by atoms with E-state index in [1.807, 2.05) is 11.8 Å². The van der Waals surface area contributed by atoms with Gasteiger partial charge in [0.15, 0.2) is 0 Å². The molecule has 0 radical (unpaired) electrons. The van der Waals surface area contributed by atoms with Crippen LogP contribution in [0.5, 0.6) is 0 Å². The second-order valence-corrected chi connectivity index (χ2v) is 5.46. The van der Waals surface area contributed by atoms with Gasteiger partial charge in [0.2, 0.25) is 0 Å². The van der Waals surface area contributed by atoms with Gasteiger partial charge < -0.3 is 0 Å². The summed E-state index contributed by atoms with van der Waals surface area (Å²) in [5.74, 6) is 1.50. The van der Waals surface area contributed by atoms with Crippen LogP contribution in [0.1, 0.15) is 19.8 Å². The molecule has 0 aromatic heterocycles. The predicted octanol–water partition coefficient (Wildman–Crippen LogP) is 1.71. The Morgan fingerprint density at radius 3 is 2.86 bits per heavy atom. The molecular formula is C11H17NOS. The first-order chi connectivity index (χ1) is 6.70. The van der Waals surface area contributed by atoms with Crippen molar-refractivity contribution in [2.75, 3.05) is 12.8 Å². The molecule has 2 nitrogen and oxygen atoms in total. The number of rotatable bonds is 1. The first-order valence-corrected chi connectivity index (χ1v) is 6.24. The van der Waals surface area contributed by atoms with Gasteiger partial charge in [0.1, 0.15) is 5.78 Å².